The molecular formula is C14H18N4. The summed E-state index contributed by atoms with van der Waals surface area (Å²) >= 11 is 0. The zero-order valence-corrected chi connectivity index (χ0v) is 10.6. The molecule has 0 aliphatic heterocycles. The molecular weight excluding hydrogens is 224 g/mol. The Kier molecular flexibility index (Phi) is 3.77. The fourth-order valence-corrected chi connectivity index (χ4v) is 1.92. The summed E-state index contributed by atoms with van der Waals surface area (Å²) in [5, 5.41) is 7.35. The number of aromatic nitrogens is 2. The summed E-state index contributed by atoms with van der Waals surface area (Å²) in [6, 6.07) is 7.78. The number of imidazole rings is 1. The quantitative estimate of drug-likeness (QED) is 0.623. The number of nitrogen functional groups attached to an aromatic ring is 1. The minimum atomic E-state index is 0.107. The molecule has 0 amide bonds. The lowest BCUT2D eigenvalue weighted by molar-refractivity contribution is 0.705. The molecule has 18 heavy (non-hydrogen) atoms. The van der Waals surface area contributed by atoms with Gasteiger partial charge in [0.1, 0.15) is 11.7 Å². The highest BCUT2D eigenvalue weighted by Crippen LogP contribution is 2.09. The second-order valence-corrected chi connectivity index (χ2v) is 4.33. The van der Waals surface area contributed by atoms with E-state index in [-0.39, 0.29) is 5.84 Å². The maximum atomic E-state index is 7.35. The van der Waals surface area contributed by atoms with Crippen LogP contribution in [0.3, 0.4) is 0 Å². The molecule has 0 spiro atoms. The van der Waals surface area contributed by atoms with E-state index >= 15 is 0 Å². The summed E-state index contributed by atoms with van der Waals surface area (Å²) in [5.41, 5.74) is 7.38. The summed E-state index contributed by atoms with van der Waals surface area (Å²) in [6.45, 7) is 2.97. The Bertz CT molecular complexity index is 525. The summed E-state index contributed by atoms with van der Waals surface area (Å²) in [5.74, 6) is 1.23. The van der Waals surface area contributed by atoms with Crippen molar-refractivity contribution in [3.05, 3.63) is 53.6 Å². The molecule has 0 atom stereocenters. The number of rotatable bonds is 5. The van der Waals surface area contributed by atoms with Gasteiger partial charge in [0, 0.05) is 30.9 Å². The molecule has 2 rings (SSSR count). The van der Waals surface area contributed by atoms with Crippen molar-refractivity contribution in [2.24, 2.45) is 5.73 Å². The Morgan fingerprint density at radius 1 is 1.33 bits per heavy atom. The van der Waals surface area contributed by atoms with Crippen molar-refractivity contribution in [2.45, 2.75) is 26.3 Å². The van der Waals surface area contributed by atoms with Gasteiger partial charge in [0.25, 0.3) is 0 Å². The van der Waals surface area contributed by atoms with E-state index in [0.29, 0.717) is 0 Å². The van der Waals surface area contributed by atoms with Gasteiger partial charge in [-0.05, 0) is 12.0 Å². The third kappa shape index (κ3) is 2.77. The van der Waals surface area contributed by atoms with Gasteiger partial charge < -0.3 is 10.3 Å². The smallest absolute Gasteiger partial charge is 0.122 e. The summed E-state index contributed by atoms with van der Waals surface area (Å²) < 4.78 is 2.16. The van der Waals surface area contributed by atoms with Gasteiger partial charge >= 0.3 is 0 Å². The van der Waals surface area contributed by atoms with Crippen molar-refractivity contribution < 1.29 is 0 Å². The molecule has 0 radical (unpaired) electrons. The molecule has 0 saturated heterocycles. The molecule has 1 heterocycles. The lowest BCUT2D eigenvalue weighted by Crippen LogP contribution is -2.11. The largest absolute Gasteiger partial charge is 0.384 e. The van der Waals surface area contributed by atoms with Gasteiger partial charge in [0.05, 0.1) is 0 Å². The molecule has 2 aromatic rings. The molecule has 0 aliphatic carbocycles. The first-order valence-electron chi connectivity index (χ1n) is 6.14. The van der Waals surface area contributed by atoms with Gasteiger partial charge in [-0.3, -0.25) is 5.41 Å². The Hall–Kier alpha value is -2.10. The zero-order valence-electron chi connectivity index (χ0n) is 10.6. The van der Waals surface area contributed by atoms with Crippen LogP contribution in [0.15, 0.2) is 36.7 Å². The molecule has 4 heteroatoms. The predicted molar refractivity (Wildman–Crippen MR) is 72.8 cm³/mol. The maximum Gasteiger partial charge on any atom is 0.122 e. The lowest BCUT2D eigenvalue weighted by atomic mass is 10.1. The second-order valence-electron chi connectivity index (χ2n) is 4.33. The standard InChI is InChI=1S/C14H18N4/c1-2-3-13-17-8-9-18(13)10-11-4-6-12(7-5-11)14(15)16/h4-9H,2-3,10H2,1H3,(H3,15,16). The highest BCUT2D eigenvalue weighted by atomic mass is 15.1. The second kappa shape index (κ2) is 5.49. The van der Waals surface area contributed by atoms with Crippen LogP contribution in [-0.2, 0) is 13.0 Å². The first kappa shape index (κ1) is 12.4. The number of aryl methyl sites for hydroxylation is 1. The van der Waals surface area contributed by atoms with E-state index in [9.17, 15) is 0 Å². The first-order valence-corrected chi connectivity index (χ1v) is 6.14. The normalized spacial score (nSPS) is 10.5. The monoisotopic (exact) mass is 242 g/mol. The van der Waals surface area contributed by atoms with E-state index in [1.54, 1.807) is 0 Å². The predicted octanol–water partition coefficient (Wildman–Crippen LogP) is 2.17. The van der Waals surface area contributed by atoms with E-state index in [1.807, 2.05) is 36.7 Å². The topological polar surface area (TPSA) is 67.7 Å². The van der Waals surface area contributed by atoms with Crippen molar-refractivity contribution in [3.8, 4) is 0 Å². The van der Waals surface area contributed by atoms with E-state index in [1.165, 1.54) is 5.56 Å². The van der Waals surface area contributed by atoms with Crippen LogP contribution < -0.4 is 5.73 Å². The van der Waals surface area contributed by atoms with Gasteiger partial charge in [-0.15, -0.1) is 0 Å². The van der Waals surface area contributed by atoms with E-state index in [2.05, 4.69) is 16.5 Å². The molecule has 3 N–H and O–H groups in total. The van der Waals surface area contributed by atoms with Crippen LogP contribution in [0, 0.1) is 5.41 Å². The highest BCUT2D eigenvalue weighted by molar-refractivity contribution is 5.94. The summed E-state index contributed by atoms with van der Waals surface area (Å²) in [6.07, 6.45) is 5.94. The fourth-order valence-electron chi connectivity index (χ4n) is 1.92. The highest BCUT2D eigenvalue weighted by Gasteiger charge is 2.03. The van der Waals surface area contributed by atoms with Gasteiger partial charge in [-0.2, -0.15) is 0 Å². The summed E-state index contributed by atoms with van der Waals surface area (Å²) in [7, 11) is 0. The van der Waals surface area contributed by atoms with Gasteiger partial charge in [0.15, 0.2) is 0 Å². The van der Waals surface area contributed by atoms with Crippen molar-refractivity contribution >= 4 is 5.84 Å². The van der Waals surface area contributed by atoms with Crippen molar-refractivity contribution in [3.63, 3.8) is 0 Å². The van der Waals surface area contributed by atoms with Gasteiger partial charge in [0.2, 0.25) is 0 Å². The molecule has 1 aromatic heterocycles. The van der Waals surface area contributed by atoms with E-state index in [4.69, 9.17) is 11.1 Å². The van der Waals surface area contributed by atoms with E-state index in [0.717, 1.165) is 30.8 Å². The third-order valence-electron chi connectivity index (χ3n) is 2.89. The number of benzene rings is 1. The van der Waals surface area contributed by atoms with Crippen LogP contribution in [0.4, 0.5) is 0 Å². The van der Waals surface area contributed by atoms with Crippen LogP contribution in [0.2, 0.25) is 0 Å². The third-order valence-corrected chi connectivity index (χ3v) is 2.89. The zero-order chi connectivity index (χ0) is 13.0. The molecule has 0 fully saturated rings. The number of amidine groups is 1. The van der Waals surface area contributed by atoms with Crippen LogP contribution >= 0.6 is 0 Å². The van der Waals surface area contributed by atoms with Gasteiger partial charge in [-0.25, -0.2) is 4.98 Å². The average molecular weight is 242 g/mol. The number of hydrogen-bond acceptors (Lipinski definition) is 2. The van der Waals surface area contributed by atoms with Crippen LogP contribution in [0.5, 0.6) is 0 Å². The Labute approximate surface area is 107 Å². The molecule has 0 aliphatic rings. The molecule has 1 aromatic carbocycles. The SMILES string of the molecule is CCCc1nccn1Cc1ccc(C(=N)N)cc1. The number of nitrogens with one attached hydrogen (secondary N) is 1. The maximum absolute atomic E-state index is 7.35. The molecule has 0 bridgehead atoms. The minimum Gasteiger partial charge on any atom is -0.384 e. The number of nitrogens with zero attached hydrogens (tertiary/aromatic N) is 2. The van der Waals surface area contributed by atoms with Crippen LogP contribution in [0.25, 0.3) is 0 Å². The number of nitrogens with two attached hydrogens (primary N) is 1. The fraction of sp³-hybridized carbons (Fsp3) is 0.286. The Morgan fingerprint density at radius 2 is 2.06 bits per heavy atom. The Balaban J connectivity index is 2.13. The van der Waals surface area contributed by atoms with Crippen molar-refractivity contribution in [1.82, 2.24) is 9.55 Å². The van der Waals surface area contributed by atoms with Gasteiger partial charge in [-0.1, -0.05) is 31.2 Å². The molecule has 94 valence electrons. The molecule has 4 nitrogen and oxygen atoms in total. The van der Waals surface area contributed by atoms with E-state index < -0.39 is 0 Å². The van der Waals surface area contributed by atoms with Crippen molar-refractivity contribution in [1.29, 1.82) is 5.41 Å². The summed E-state index contributed by atoms with van der Waals surface area (Å²) in [4.78, 5) is 4.36. The Morgan fingerprint density at radius 3 is 2.67 bits per heavy atom. The molecule has 0 saturated carbocycles. The van der Waals surface area contributed by atoms with Crippen molar-refractivity contribution in [2.75, 3.05) is 0 Å². The molecule has 0 unspecified atom stereocenters. The minimum absolute atomic E-state index is 0.107. The average Bonchev–Trinajstić information content (AvgIpc) is 2.78. The number of hydrogen-bond donors (Lipinski definition) is 2. The van der Waals surface area contributed by atoms with Crippen LogP contribution in [-0.4, -0.2) is 15.4 Å². The lowest BCUT2D eigenvalue weighted by Gasteiger charge is -2.08. The van der Waals surface area contributed by atoms with Crippen LogP contribution in [0.1, 0.15) is 30.3 Å². The first-order chi connectivity index (χ1) is 8.70.